The number of nitrogens with zero attached hydrogens (tertiary/aromatic N) is 1. The molecule has 112 valence electrons. The van der Waals surface area contributed by atoms with Crippen LogP contribution in [0.25, 0.3) is 11.1 Å². The topological polar surface area (TPSA) is 64.2 Å². The van der Waals surface area contributed by atoms with Crippen LogP contribution in [-0.4, -0.2) is 10.5 Å². The number of para-hydroxylation sites is 2. The molecule has 0 aliphatic carbocycles. The molecule has 0 aliphatic rings. The zero-order valence-corrected chi connectivity index (χ0v) is 12.6. The van der Waals surface area contributed by atoms with E-state index in [0.717, 1.165) is 5.56 Å². The van der Waals surface area contributed by atoms with E-state index in [9.17, 15) is 9.59 Å². The van der Waals surface area contributed by atoms with Crippen molar-refractivity contribution in [3.05, 3.63) is 63.6 Å². The van der Waals surface area contributed by atoms with Crippen molar-refractivity contribution in [2.45, 2.75) is 13.5 Å². The van der Waals surface area contributed by atoms with Gasteiger partial charge in [-0.15, -0.1) is 0 Å². The van der Waals surface area contributed by atoms with E-state index >= 15 is 0 Å². The Hall–Kier alpha value is -2.53. The van der Waals surface area contributed by atoms with Crippen LogP contribution in [0.5, 0.6) is 0 Å². The number of amides is 1. The van der Waals surface area contributed by atoms with E-state index in [1.165, 1.54) is 4.57 Å². The van der Waals surface area contributed by atoms with Crippen molar-refractivity contribution in [1.29, 1.82) is 0 Å². The maximum Gasteiger partial charge on any atom is 0.420 e. The fourth-order valence-electron chi connectivity index (χ4n) is 2.23. The first-order chi connectivity index (χ1) is 10.5. The molecule has 0 unspecified atom stereocenters. The van der Waals surface area contributed by atoms with Crippen molar-refractivity contribution < 1.29 is 9.21 Å². The molecular weight excluding hydrogens is 304 g/mol. The number of carbonyl (C=O) groups excluding carboxylic acids is 1. The van der Waals surface area contributed by atoms with Gasteiger partial charge in [-0.25, -0.2) is 4.79 Å². The molecule has 22 heavy (non-hydrogen) atoms. The van der Waals surface area contributed by atoms with Gasteiger partial charge in [0.25, 0.3) is 0 Å². The summed E-state index contributed by atoms with van der Waals surface area (Å²) < 4.78 is 6.40. The number of halogens is 1. The van der Waals surface area contributed by atoms with E-state index in [2.05, 4.69) is 5.32 Å². The van der Waals surface area contributed by atoms with Gasteiger partial charge in [0.1, 0.15) is 6.54 Å². The second-order valence-corrected chi connectivity index (χ2v) is 5.37. The molecule has 6 heteroatoms. The zero-order valence-electron chi connectivity index (χ0n) is 11.8. The maximum atomic E-state index is 12.2. The number of benzene rings is 2. The molecule has 3 aromatic rings. The molecule has 0 saturated carbocycles. The summed E-state index contributed by atoms with van der Waals surface area (Å²) in [6.45, 7) is 1.74. The van der Waals surface area contributed by atoms with Crippen molar-refractivity contribution in [2.75, 3.05) is 5.32 Å². The number of rotatable bonds is 3. The SMILES string of the molecule is Cc1ccc(Cl)cc1NC(=O)Cn1c(=O)oc2ccccc21. The summed E-state index contributed by atoms with van der Waals surface area (Å²) in [4.78, 5) is 24.0. The number of hydrogen-bond acceptors (Lipinski definition) is 3. The second kappa shape index (κ2) is 5.69. The van der Waals surface area contributed by atoms with Crippen LogP contribution in [0, 0.1) is 6.92 Å². The van der Waals surface area contributed by atoms with E-state index in [0.29, 0.717) is 21.8 Å². The van der Waals surface area contributed by atoms with E-state index in [1.807, 2.05) is 13.0 Å². The predicted molar refractivity (Wildman–Crippen MR) is 85.3 cm³/mol. The van der Waals surface area contributed by atoms with Crippen LogP contribution >= 0.6 is 11.6 Å². The Morgan fingerprint density at radius 2 is 2.05 bits per heavy atom. The maximum absolute atomic E-state index is 12.2. The van der Waals surface area contributed by atoms with Gasteiger partial charge in [0.15, 0.2) is 5.58 Å². The summed E-state index contributed by atoms with van der Waals surface area (Å²) in [5, 5.41) is 3.29. The Labute approximate surface area is 131 Å². The largest absolute Gasteiger partial charge is 0.420 e. The van der Waals surface area contributed by atoms with Crippen LogP contribution in [0.1, 0.15) is 5.56 Å². The van der Waals surface area contributed by atoms with Crippen molar-refractivity contribution in [1.82, 2.24) is 4.57 Å². The molecule has 2 aromatic carbocycles. The smallest absolute Gasteiger partial charge is 0.408 e. The Bertz CT molecular complexity index is 911. The standard InChI is InChI=1S/C16H13ClN2O3/c1-10-6-7-11(17)8-12(10)18-15(20)9-19-13-4-2-3-5-14(13)22-16(19)21/h2-8H,9H2,1H3,(H,18,20). The number of oxazole rings is 1. The lowest BCUT2D eigenvalue weighted by atomic mass is 10.2. The van der Waals surface area contributed by atoms with Crippen molar-refractivity contribution in [2.24, 2.45) is 0 Å². The van der Waals surface area contributed by atoms with Gasteiger partial charge in [-0.1, -0.05) is 29.8 Å². The highest BCUT2D eigenvalue weighted by Gasteiger charge is 2.13. The summed E-state index contributed by atoms with van der Waals surface area (Å²) in [5.74, 6) is -0.877. The first-order valence-electron chi connectivity index (χ1n) is 6.69. The van der Waals surface area contributed by atoms with E-state index in [4.69, 9.17) is 16.0 Å². The zero-order chi connectivity index (χ0) is 15.7. The Morgan fingerprint density at radius 1 is 1.27 bits per heavy atom. The number of aromatic nitrogens is 1. The molecule has 0 bridgehead atoms. The minimum atomic E-state index is -0.556. The molecule has 0 spiro atoms. The van der Waals surface area contributed by atoms with Crippen LogP contribution in [0.2, 0.25) is 5.02 Å². The molecule has 1 aromatic heterocycles. The lowest BCUT2D eigenvalue weighted by Crippen LogP contribution is -2.25. The molecule has 3 rings (SSSR count). The number of fused-ring (bicyclic) bond motifs is 1. The van der Waals surface area contributed by atoms with Gasteiger partial charge in [-0.05, 0) is 36.8 Å². The predicted octanol–water partition coefficient (Wildman–Crippen LogP) is 3.20. The number of hydrogen-bond donors (Lipinski definition) is 1. The monoisotopic (exact) mass is 316 g/mol. The number of anilines is 1. The van der Waals surface area contributed by atoms with Crippen molar-refractivity contribution >= 4 is 34.3 Å². The fourth-order valence-corrected chi connectivity index (χ4v) is 2.40. The third kappa shape index (κ3) is 2.76. The summed E-state index contributed by atoms with van der Waals surface area (Å²) in [7, 11) is 0. The molecule has 0 aliphatic heterocycles. The van der Waals surface area contributed by atoms with Gasteiger partial charge in [0, 0.05) is 10.7 Å². The lowest BCUT2D eigenvalue weighted by molar-refractivity contribution is -0.116. The highest BCUT2D eigenvalue weighted by molar-refractivity contribution is 6.31. The number of aryl methyl sites for hydroxylation is 1. The fraction of sp³-hybridized carbons (Fsp3) is 0.125. The highest BCUT2D eigenvalue weighted by atomic mass is 35.5. The third-order valence-electron chi connectivity index (χ3n) is 3.35. The first-order valence-corrected chi connectivity index (χ1v) is 7.07. The third-order valence-corrected chi connectivity index (χ3v) is 3.58. The van der Waals surface area contributed by atoms with Gasteiger partial charge < -0.3 is 9.73 Å². The van der Waals surface area contributed by atoms with Crippen LogP contribution in [-0.2, 0) is 11.3 Å². The molecule has 0 radical (unpaired) electrons. The normalized spacial score (nSPS) is 10.8. The summed E-state index contributed by atoms with van der Waals surface area (Å²) in [5.41, 5.74) is 2.56. The van der Waals surface area contributed by atoms with Crippen LogP contribution in [0.3, 0.4) is 0 Å². The molecule has 1 amide bonds. The van der Waals surface area contributed by atoms with E-state index in [-0.39, 0.29) is 12.5 Å². The average Bonchev–Trinajstić information content (AvgIpc) is 2.79. The minimum Gasteiger partial charge on any atom is -0.408 e. The molecule has 0 fully saturated rings. The lowest BCUT2D eigenvalue weighted by Gasteiger charge is -2.09. The first kappa shape index (κ1) is 14.4. The van der Waals surface area contributed by atoms with Gasteiger partial charge in [0.05, 0.1) is 5.52 Å². The Kier molecular flexibility index (Phi) is 3.73. The Morgan fingerprint density at radius 3 is 2.86 bits per heavy atom. The molecule has 0 saturated heterocycles. The molecule has 1 N–H and O–H groups in total. The summed E-state index contributed by atoms with van der Waals surface area (Å²) in [6, 6.07) is 12.2. The quantitative estimate of drug-likeness (QED) is 0.807. The number of nitrogens with one attached hydrogen (secondary N) is 1. The minimum absolute atomic E-state index is 0.123. The summed E-state index contributed by atoms with van der Waals surface area (Å²) in [6.07, 6.45) is 0. The van der Waals surface area contributed by atoms with Gasteiger partial charge in [-0.3, -0.25) is 9.36 Å². The molecule has 5 nitrogen and oxygen atoms in total. The Balaban J connectivity index is 1.86. The van der Waals surface area contributed by atoms with E-state index < -0.39 is 5.76 Å². The number of carbonyl (C=O) groups is 1. The van der Waals surface area contributed by atoms with Crippen molar-refractivity contribution in [3.63, 3.8) is 0 Å². The molecular formula is C16H13ClN2O3. The second-order valence-electron chi connectivity index (χ2n) is 4.93. The van der Waals surface area contributed by atoms with E-state index in [1.54, 1.807) is 36.4 Å². The van der Waals surface area contributed by atoms with Gasteiger partial charge >= 0.3 is 5.76 Å². The van der Waals surface area contributed by atoms with Gasteiger partial charge in [0.2, 0.25) is 5.91 Å². The van der Waals surface area contributed by atoms with Crippen LogP contribution in [0.15, 0.2) is 51.7 Å². The highest BCUT2D eigenvalue weighted by Crippen LogP contribution is 2.20. The van der Waals surface area contributed by atoms with Gasteiger partial charge in [-0.2, -0.15) is 0 Å². The van der Waals surface area contributed by atoms with Crippen LogP contribution < -0.4 is 11.1 Å². The average molecular weight is 317 g/mol. The molecule has 0 atom stereocenters. The summed E-state index contributed by atoms with van der Waals surface area (Å²) >= 11 is 5.92. The van der Waals surface area contributed by atoms with Crippen LogP contribution in [0.4, 0.5) is 5.69 Å². The molecule has 1 heterocycles. The van der Waals surface area contributed by atoms with Crippen molar-refractivity contribution in [3.8, 4) is 0 Å².